The van der Waals surface area contributed by atoms with Gasteiger partial charge in [0.2, 0.25) is 5.91 Å². The topological polar surface area (TPSA) is 46.2 Å². The number of hydrogen-bond donors (Lipinski definition) is 1. The van der Waals surface area contributed by atoms with E-state index < -0.39 is 10.8 Å². The molecule has 1 N–H and O–H groups in total. The molecular formula is C10H9Cl2NO2S. The molecule has 6 heteroatoms. The smallest absolute Gasteiger partial charge is 0.228 e. The number of fused-ring (bicyclic) bond motifs is 1. The van der Waals surface area contributed by atoms with Crippen molar-refractivity contribution < 1.29 is 9.00 Å². The summed E-state index contributed by atoms with van der Waals surface area (Å²) < 4.78 is 11.9. The number of carbonyl (C=O) groups excluding carboxylic acids is 1. The molecule has 1 heterocycles. The van der Waals surface area contributed by atoms with Gasteiger partial charge in [0, 0.05) is 11.7 Å². The maximum atomic E-state index is 11.9. The lowest BCUT2D eigenvalue weighted by Crippen LogP contribution is -2.21. The Morgan fingerprint density at radius 1 is 1.38 bits per heavy atom. The van der Waals surface area contributed by atoms with Crippen molar-refractivity contribution in [3.05, 3.63) is 22.2 Å². The first-order valence-corrected chi connectivity index (χ1v) is 6.75. The average molecular weight is 278 g/mol. The van der Waals surface area contributed by atoms with Crippen LogP contribution in [0.2, 0.25) is 10.0 Å². The van der Waals surface area contributed by atoms with E-state index in [1.54, 1.807) is 13.0 Å². The van der Waals surface area contributed by atoms with E-state index in [0.717, 1.165) is 0 Å². The molecule has 2 rings (SSSR count). The molecule has 0 saturated heterocycles. The lowest BCUT2D eigenvalue weighted by Gasteiger charge is -2.07. The number of anilines is 1. The minimum atomic E-state index is -1.23. The summed E-state index contributed by atoms with van der Waals surface area (Å²) in [5.74, 6) is -0.132. The van der Waals surface area contributed by atoms with Gasteiger partial charge in [-0.3, -0.25) is 9.00 Å². The Labute approximate surface area is 106 Å². The third-order valence-corrected chi connectivity index (χ3v) is 4.73. The van der Waals surface area contributed by atoms with Crippen molar-refractivity contribution in [2.24, 2.45) is 5.92 Å². The van der Waals surface area contributed by atoms with Crippen molar-refractivity contribution in [2.45, 2.75) is 11.8 Å². The minimum absolute atomic E-state index is 0.148. The molecule has 1 aliphatic rings. The number of nitrogens with one attached hydrogen (secondary N) is 1. The van der Waals surface area contributed by atoms with Gasteiger partial charge >= 0.3 is 0 Å². The highest BCUT2D eigenvalue weighted by molar-refractivity contribution is 7.85. The van der Waals surface area contributed by atoms with Gasteiger partial charge in [-0.05, 0) is 12.1 Å². The SMILES string of the molecule is CC1CS(=O)c2cc(Cl)c(Cl)cc2NC1=O. The minimum Gasteiger partial charge on any atom is -0.325 e. The number of rotatable bonds is 0. The van der Waals surface area contributed by atoms with Crippen molar-refractivity contribution in [3.8, 4) is 0 Å². The molecule has 0 aliphatic carbocycles. The van der Waals surface area contributed by atoms with E-state index in [2.05, 4.69) is 5.32 Å². The van der Waals surface area contributed by atoms with Crippen LogP contribution in [0.5, 0.6) is 0 Å². The van der Waals surface area contributed by atoms with E-state index in [0.29, 0.717) is 26.4 Å². The van der Waals surface area contributed by atoms with E-state index in [1.165, 1.54) is 6.07 Å². The van der Waals surface area contributed by atoms with Crippen molar-refractivity contribution in [2.75, 3.05) is 11.1 Å². The fourth-order valence-electron chi connectivity index (χ4n) is 1.46. The zero-order chi connectivity index (χ0) is 11.9. The van der Waals surface area contributed by atoms with Crippen LogP contribution in [0, 0.1) is 5.92 Å². The van der Waals surface area contributed by atoms with E-state index in [4.69, 9.17) is 23.2 Å². The fourth-order valence-corrected chi connectivity index (χ4v) is 3.24. The molecule has 0 fully saturated rings. The van der Waals surface area contributed by atoms with Crippen LogP contribution in [-0.2, 0) is 15.6 Å². The quantitative estimate of drug-likeness (QED) is 0.793. The summed E-state index contributed by atoms with van der Waals surface area (Å²) >= 11 is 11.7. The first-order valence-electron chi connectivity index (χ1n) is 4.67. The molecule has 0 spiro atoms. The van der Waals surface area contributed by atoms with Gasteiger partial charge in [0.1, 0.15) is 0 Å². The Balaban J connectivity index is 2.56. The molecule has 1 aliphatic heterocycles. The van der Waals surface area contributed by atoms with Gasteiger partial charge in [-0.25, -0.2) is 0 Å². The van der Waals surface area contributed by atoms with Crippen LogP contribution in [0.25, 0.3) is 0 Å². The summed E-state index contributed by atoms with van der Waals surface area (Å²) in [6.45, 7) is 1.74. The molecule has 2 unspecified atom stereocenters. The summed E-state index contributed by atoms with van der Waals surface area (Å²) in [6.07, 6.45) is 0. The first-order chi connectivity index (χ1) is 7.49. The highest BCUT2D eigenvalue weighted by atomic mass is 35.5. The molecule has 1 aromatic carbocycles. The van der Waals surface area contributed by atoms with Crippen LogP contribution in [0.4, 0.5) is 5.69 Å². The molecule has 0 saturated carbocycles. The van der Waals surface area contributed by atoms with Gasteiger partial charge < -0.3 is 5.32 Å². The normalized spacial score (nSPS) is 24.6. The summed E-state index contributed by atoms with van der Waals surface area (Å²) in [5.41, 5.74) is 0.488. The molecule has 0 radical (unpaired) electrons. The number of carbonyl (C=O) groups is 1. The molecule has 16 heavy (non-hydrogen) atoms. The Hall–Kier alpha value is -0.580. The summed E-state index contributed by atoms with van der Waals surface area (Å²) in [4.78, 5) is 12.1. The van der Waals surface area contributed by atoms with E-state index in [-0.39, 0.29) is 11.8 Å². The molecule has 3 nitrogen and oxygen atoms in total. The standard InChI is InChI=1S/C10H9Cl2NO2S/c1-5-4-16(15)9-3-7(12)6(11)2-8(9)13-10(5)14/h2-3,5H,4H2,1H3,(H,13,14). The predicted octanol–water partition coefficient (Wildman–Crippen LogP) is 2.69. The zero-order valence-electron chi connectivity index (χ0n) is 8.42. The molecule has 2 atom stereocenters. The second kappa shape index (κ2) is 4.35. The second-order valence-electron chi connectivity index (χ2n) is 3.66. The maximum absolute atomic E-state index is 11.9. The molecule has 1 amide bonds. The highest BCUT2D eigenvalue weighted by Gasteiger charge is 2.25. The van der Waals surface area contributed by atoms with Crippen LogP contribution in [-0.4, -0.2) is 15.9 Å². The lowest BCUT2D eigenvalue weighted by atomic mass is 10.2. The van der Waals surface area contributed by atoms with Crippen molar-refractivity contribution in [1.82, 2.24) is 0 Å². The molecule has 86 valence electrons. The number of amides is 1. The van der Waals surface area contributed by atoms with Crippen LogP contribution in [0.1, 0.15) is 6.92 Å². The van der Waals surface area contributed by atoms with Crippen molar-refractivity contribution in [1.29, 1.82) is 0 Å². The Morgan fingerprint density at radius 3 is 2.69 bits per heavy atom. The summed E-state index contributed by atoms with van der Waals surface area (Å²) in [6, 6.07) is 3.08. The van der Waals surface area contributed by atoms with Crippen LogP contribution < -0.4 is 5.32 Å². The third kappa shape index (κ3) is 2.10. The highest BCUT2D eigenvalue weighted by Crippen LogP contribution is 2.33. The zero-order valence-corrected chi connectivity index (χ0v) is 10.7. The van der Waals surface area contributed by atoms with E-state index in [9.17, 15) is 9.00 Å². The van der Waals surface area contributed by atoms with Crippen LogP contribution in [0.15, 0.2) is 17.0 Å². The van der Waals surface area contributed by atoms with Crippen LogP contribution in [0.3, 0.4) is 0 Å². The summed E-state index contributed by atoms with van der Waals surface area (Å²) in [7, 11) is -1.23. The van der Waals surface area contributed by atoms with Gasteiger partial charge in [0.15, 0.2) is 0 Å². The second-order valence-corrected chi connectivity index (χ2v) is 5.94. The van der Waals surface area contributed by atoms with Gasteiger partial charge in [-0.2, -0.15) is 0 Å². The van der Waals surface area contributed by atoms with E-state index in [1.807, 2.05) is 0 Å². The van der Waals surface area contributed by atoms with Gasteiger partial charge in [-0.15, -0.1) is 0 Å². The number of benzene rings is 1. The summed E-state index contributed by atoms with van der Waals surface area (Å²) in [5, 5.41) is 3.38. The molecular weight excluding hydrogens is 269 g/mol. The van der Waals surface area contributed by atoms with Gasteiger partial charge in [0.25, 0.3) is 0 Å². The van der Waals surface area contributed by atoms with Crippen LogP contribution >= 0.6 is 23.2 Å². The Bertz CT molecular complexity index is 490. The monoisotopic (exact) mass is 277 g/mol. The third-order valence-electron chi connectivity index (χ3n) is 2.37. The molecule has 1 aromatic rings. The predicted molar refractivity (Wildman–Crippen MR) is 65.5 cm³/mol. The Morgan fingerprint density at radius 2 is 2.00 bits per heavy atom. The number of halogens is 2. The molecule has 0 bridgehead atoms. The largest absolute Gasteiger partial charge is 0.325 e. The van der Waals surface area contributed by atoms with Crippen molar-refractivity contribution in [3.63, 3.8) is 0 Å². The van der Waals surface area contributed by atoms with E-state index >= 15 is 0 Å². The van der Waals surface area contributed by atoms with Gasteiger partial charge in [-0.1, -0.05) is 30.1 Å². The lowest BCUT2D eigenvalue weighted by molar-refractivity contribution is -0.118. The van der Waals surface area contributed by atoms with Crippen molar-refractivity contribution >= 4 is 45.6 Å². The fraction of sp³-hybridized carbons (Fsp3) is 0.300. The first kappa shape index (κ1) is 11.9. The molecule has 0 aromatic heterocycles. The Kier molecular flexibility index (Phi) is 3.24. The maximum Gasteiger partial charge on any atom is 0.228 e. The van der Waals surface area contributed by atoms with Gasteiger partial charge in [0.05, 0.1) is 31.4 Å². The average Bonchev–Trinajstić information content (AvgIpc) is 2.30. The number of hydrogen-bond acceptors (Lipinski definition) is 2.